The molecule has 0 saturated heterocycles. The maximum atomic E-state index is 4.23. The van der Waals surface area contributed by atoms with E-state index in [0.29, 0.717) is 0 Å². The van der Waals surface area contributed by atoms with Crippen LogP contribution in [0, 0.1) is 0 Å². The minimum Gasteiger partial charge on any atom is -0.266 e. The molecule has 0 aromatic rings. The van der Waals surface area contributed by atoms with Crippen LogP contribution in [0.2, 0.25) is 0 Å². The smallest absolute Gasteiger partial charge is 0.0399 e. The van der Waals surface area contributed by atoms with Crippen molar-refractivity contribution in [3.05, 3.63) is 23.9 Å². The number of aliphatic imine (C=N–C) groups is 1. The minimum absolute atomic E-state index is 0.901. The third-order valence-electron chi connectivity index (χ3n) is 1.22. The van der Waals surface area contributed by atoms with Crippen molar-refractivity contribution in [2.45, 2.75) is 33.6 Å². The second-order valence-corrected chi connectivity index (χ2v) is 2.62. The van der Waals surface area contributed by atoms with Crippen molar-refractivity contribution in [2.75, 3.05) is 0 Å². The van der Waals surface area contributed by atoms with Crippen LogP contribution in [-0.4, -0.2) is 6.21 Å². The number of nitrogens with zero attached hydrogens (tertiary/aromatic N) is 1. The van der Waals surface area contributed by atoms with Crippen molar-refractivity contribution in [2.24, 2.45) is 4.99 Å². The molecule has 0 aromatic carbocycles. The van der Waals surface area contributed by atoms with Crippen molar-refractivity contribution in [3.8, 4) is 0 Å². The average molecular weight is 151 g/mol. The highest BCUT2D eigenvalue weighted by molar-refractivity contribution is 5.55. The lowest BCUT2D eigenvalue weighted by molar-refractivity contribution is 1.05. The minimum atomic E-state index is 0.901. The largest absolute Gasteiger partial charge is 0.266 e. The van der Waals surface area contributed by atoms with E-state index in [1.54, 1.807) is 0 Å². The van der Waals surface area contributed by atoms with Gasteiger partial charge in [0, 0.05) is 18.3 Å². The molecule has 11 heavy (non-hydrogen) atoms. The quantitative estimate of drug-likeness (QED) is 0.431. The standard InChI is InChI=1S/C10H17N/c1-5-7-10(11-6-2)8-9(3)4/h6-7H,3,5,8H2,1-2,4H3/b10-7-,11-6?. The van der Waals surface area contributed by atoms with Gasteiger partial charge in [0.25, 0.3) is 0 Å². The molecule has 0 N–H and O–H groups in total. The summed E-state index contributed by atoms with van der Waals surface area (Å²) in [5.41, 5.74) is 2.29. The van der Waals surface area contributed by atoms with E-state index in [4.69, 9.17) is 0 Å². The van der Waals surface area contributed by atoms with E-state index < -0.39 is 0 Å². The first kappa shape index (κ1) is 10.2. The number of rotatable bonds is 4. The number of allylic oxidation sites excluding steroid dienone is 2. The molecule has 0 aliphatic rings. The molecule has 0 saturated carbocycles. The molecule has 0 heterocycles. The summed E-state index contributed by atoms with van der Waals surface area (Å²) in [6.07, 6.45) is 5.90. The van der Waals surface area contributed by atoms with Gasteiger partial charge in [-0.05, 0) is 20.3 Å². The van der Waals surface area contributed by atoms with E-state index in [1.807, 2.05) is 20.1 Å². The summed E-state index contributed by atoms with van der Waals surface area (Å²) in [7, 11) is 0. The lowest BCUT2D eigenvalue weighted by atomic mass is 10.2. The maximum Gasteiger partial charge on any atom is 0.0399 e. The Morgan fingerprint density at radius 3 is 2.55 bits per heavy atom. The normalized spacial score (nSPS) is 12.5. The van der Waals surface area contributed by atoms with Crippen molar-refractivity contribution < 1.29 is 0 Å². The third kappa shape index (κ3) is 5.59. The molecular formula is C10H17N. The monoisotopic (exact) mass is 151 g/mol. The van der Waals surface area contributed by atoms with Crippen LogP contribution in [0.1, 0.15) is 33.6 Å². The Bertz CT molecular complexity index is 175. The van der Waals surface area contributed by atoms with E-state index >= 15 is 0 Å². The zero-order valence-electron chi connectivity index (χ0n) is 7.72. The van der Waals surface area contributed by atoms with Crippen LogP contribution < -0.4 is 0 Å². The molecule has 0 bridgehead atoms. The van der Waals surface area contributed by atoms with Gasteiger partial charge in [-0.25, -0.2) is 0 Å². The molecule has 1 heteroatoms. The van der Waals surface area contributed by atoms with Crippen LogP contribution in [-0.2, 0) is 0 Å². The van der Waals surface area contributed by atoms with E-state index in [1.165, 1.54) is 0 Å². The van der Waals surface area contributed by atoms with Crippen LogP contribution in [0.5, 0.6) is 0 Å². The Morgan fingerprint density at radius 1 is 1.55 bits per heavy atom. The molecule has 0 atom stereocenters. The molecule has 0 radical (unpaired) electrons. The molecule has 0 spiro atoms. The predicted molar refractivity (Wildman–Crippen MR) is 52.0 cm³/mol. The maximum absolute atomic E-state index is 4.23. The topological polar surface area (TPSA) is 12.4 Å². The lowest BCUT2D eigenvalue weighted by Gasteiger charge is -1.99. The van der Waals surface area contributed by atoms with Gasteiger partial charge in [0.1, 0.15) is 0 Å². The van der Waals surface area contributed by atoms with Gasteiger partial charge in [-0.1, -0.05) is 25.2 Å². The van der Waals surface area contributed by atoms with Crippen LogP contribution >= 0.6 is 0 Å². The van der Waals surface area contributed by atoms with Crippen LogP contribution in [0.15, 0.2) is 28.9 Å². The first-order chi connectivity index (χ1) is 5.20. The van der Waals surface area contributed by atoms with Gasteiger partial charge in [0.15, 0.2) is 0 Å². The highest BCUT2D eigenvalue weighted by Gasteiger charge is 1.91. The molecule has 0 unspecified atom stereocenters. The second-order valence-electron chi connectivity index (χ2n) is 2.62. The van der Waals surface area contributed by atoms with Gasteiger partial charge < -0.3 is 0 Å². The number of hydrogen-bond acceptors (Lipinski definition) is 1. The predicted octanol–water partition coefficient (Wildman–Crippen LogP) is 3.34. The van der Waals surface area contributed by atoms with Crippen molar-refractivity contribution in [1.82, 2.24) is 0 Å². The highest BCUT2D eigenvalue weighted by Crippen LogP contribution is 2.10. The Kier molecular flexibility index (Phi) is 5.44. The van der Waals surface area contributed by atoms with Crippen molar-refractivity contribution in [3.63, 3.8) is 0 Å². The van der Waals surface area contributed by atoms with Crippen molar-refractivity contribution >= 4 is 6.21 Å². The Balaban J connectivity index is 4.11. The first-order valence-electron chi connectivity index (χ1n) is 4.02. The van der Waals surface area contributed by atoms with Crippen LogP contribution in [0.25, 0.3) is 0 Å². The molecule has 62 valence electrons. The molecule has 0 aliphatic carbocycles. The molecule has 0 aromatic heterocycles. The average Bonchev–Trinajstić information content (AvgIpc) is 1.87. The summed E-state index contributed by atoms with van der Waals surface area (Å²) >= 11 is 0. The van der Waals surface area contributed by atoms with Gasteiger partial charge in [-0.15, -0.1) is 0 Å². The van der Waals surface area contributed by atoms with Crippen LogP contribution in [0.4, 0.5) is 0 Å². The Labute approximate surface area is 69.5 Å². The van der Waals surface area contributed by atoms with Gasteiger partial charge in [-0.2, -0.15) is 0 Å². The Hall–Kier alpha value is -0.850. The molecular weight excluding hydrogens is 134 g/mol. The molecule has 0 rings (SSSR count). The summed E-state index contributed by atoms with van der Waals surface area (Å²) in [6.45, 7) is 9.91. The summed E-state index contributed by atoms with van der Waals surface area (Å²) in [5, 5.41) is 0. The zero-order chi connectivity index (χ0) is 8.69. The van der Waals surface area contributed by atoms with Crippen molar-refractivity contribution in [1.29, 1.82) is 0 Å². The fourth-order valence-corrected chi connectivity index (χ4v) is 0.881. The molecule has 0 aliphatic heterocycles. The van der Waals surface area contributed by atoms with Gasteiger partial charge in [-0.3, -0.25) is 4.99 Å². The number of hydrogen-bond donors (Lipinski definition) is 0. The summed E-state index contributed by atoms with van der Waals surface area (Å²) in [4.78, 5) is 4.23. The highest BCUT2D eigenvalue weighted by atomic mass is 14.7. The summed E-state index contributed by atoms with van der Waals surface area (Å²) in [6, 6.07) is 0. The lowest BCUT2D eigenvalue weighted by Crippen LogP contribution is -1.81. The van der Waals surface area contributed by atoms with E-state index in [0.717, 1.165) is 24.1 Å². The molecule has 0 fully saturated rings. The van der Waals surface area contributed by atoms with E-state index in [2.05, 4.69) is 24.6 Å². The van der Waals surface area contributed by atoms with Gasteiger partial charge >= 0.3 is 0 Å². The Morgan fingerprint density at radius 2 is 2.18 bits per heavy atom. The summed E-state index contributed by atoms with van der Waals surface area (Å²) < 4.78 is 0. The zero-order valence-corrected chi connectivity index (χ0v) is 7.72. The van der Waals surface area contributed by atoms with E-state index in [9.17, 15) is 0 Å². The summed E-state index contributed by atoms with van der Waals surface area (Å²) in [5.74, 6) is 0. The van der Waals surface area contributed by atoms with Gasteiger partial charge in [0.05, 0.1) is 0 Å². The SMILES string of the molecule is C=C(C)C/C(=C/CC)N=CC. The molecule has 1 nitrogen and oxygen atoms in total. The third-order valence-corrected chi connectivity index (χ3v) is 1.22. The second kappa shape index (κ2) is 5.90. The fraction of sp³-hybridized carbons (Fsp3) is 0.500. The first-order valence-corrected chi connectivity index (χ1v) is 4.02. The van der Waals surface area contributed by atoms with Crippen LogP contribution in [0.3, 0.4) is 0 Å². The molecule has 0 amide bonds. The fourth-order valence-electron chi connectivity index (χ4n) is 0.881. The van der Waals surface area contributed by atoms with E-state index in [-0.39, 0.29) is 0 Å². The van der Waals surface area contributed by atoms with Gasteiger partial charge in [0.2, 0.25) is 0 Å².